The number of aromatic hydroxyl groups is 1. The molecule has 0 aliphatic rings. The molecule has 0 aliphatic heterocycles. The first-order chi connectivity index (χ1) is 6.19. The first-order valence-electron chi connectivity index (χ1n) is 3.64. The minimum Gasteiger partial charge on any atom is -0.503 e. The fourth-order valence-electron chi connectivity index (χ4n) is 0.845. The number of carbonyl (C=O) groups excluding carboxylic acids is 1. The Morgan fingerprint density at radius 1 is 1.69 bits per heavy atom. The molecule has 0 aliphatic carbocycles. The molecule has 1 aromatic heterocycles. The highest BCUT2D eigenvalue weighted by atomic mass is 16.5. The Balaban J connectivity index is 3.06. The van der Waals surface area contributed by atoms with Gasteiger partial charge in [0.25, 0.3) is 5.91 Å². The van der Waals surface area contributed by atoms with E-state index in [0.29, 0.717) is 0 Å². The lowest BCUT2D eigenvalue weighted by Crippen LogP contribution is -2.19. The van der Waals surface area contributed by atoms with E-state index in [1.807, 2.05) is 0 Å². The predicted octanol–water partition coefficient (Wildman–Crippen LogP) is 0.155. The van der Waals surface area contributed by atoms with E-state index in [-0.39, 0.29) is 23.1 Å². The first-order valence-corrected chi connectivity index (χ1v) is 3.64. The highest BCUT2D eigenvalue weighted by Gasteiger charge is 2.08. The number of hydrogen-bond acceptors (Lipinski definition) is 4. The topological polar surface area (TPSA) is 71.5 Å². The zero-order valence-corrected chi connectivity index (χ0v) is 7.37. The summed E-state index contributed by atoms with van der Waals surface area (Å²) in [6.07, 6.45) is 1.17. The molecule has 1 aromatic rings. The second kappa shape index (κ2) is 3.75. The molecule has 0 saturated heterocycles. The van der Waals surface area contributed by atoms with Crippen molar-refractivity contribution >= 4 is 5.91 Å². The Bertz CT molecular complexity index is 325. The molecule has 0 radical (unpaired) electrons. The Labute approximate surface area is 75.4 Å². The van der Waals surface area contributed by atoms with Gasteiger partial charge in [-0.3, -0.25) is 4.79 Å². The molecule has 13 heavy (non-hydrogen) atoms. The molecule has 0 saturated carbocycles. The summed E-state index contributed by atoms with van der Waals surface area (Å²) in [5, 5.41) is 11.6. The molecule has 0 fully saturated rings. The van der Waals surface area contributed by atoms with Gasteiger partial charge in [0.05, 0.1) is 13.3 Å². The van der Waals surface area contributed by atoms with Crippen molar-refractivity contribution in [1.82, 2.24) is 10.3 Å². The number of carbonyl (C=O) groups is 1. The van der Waals surface area contributed by atoms with Crippen molar-refractivity contribution in [3.05, 3.63) is 18.0 Å². The molecule has 0 bridgehead atoms. The van der Waals surface area contributed by atoms with Crippen LogP contribution >= 0.6 is 0 Å². The fourth-order valence-corrected chi connectivity index (χ4v) is 0.845. The molecule has 0 atom stereocenters. The summed E-state index contributed by atoms with van der Waals surface area (Å²) in [5.74, 6) is -0.179. The fraction of sp³-hybridized carbons (Fsp3) is 0.250. The van der Waals surface area contributed by atoms with E-state index in [0.717, 1.165) is 0 Å². The van der Waals surface area contributed by atoms with Gasteiger partial charge in [-0.25, -0.2) is 4.98 Å². The summed E-state index contributed by atoms with van der Waals surface area (Å²) in [6.45, 7) is 0. The molecule has 1 rings (SSSR count). The van der Waals surface area contributed by atoms with Crippen LogP contribution in [0.1, 0.15) is 10.5 Å². The lowest BCUT2D eigenvalue weighted by Gasteiger charge is -2.04. The van der Waals surface area contributed by atoms with Crippen LogP contribution in [0, 0.1) is 0 Å². The average molecular weight is 182 g/mol. The highest BCUT2D eigenvalue weighted by molar-refractivity contribution is 5.92. The average Bonchev–Trinajstić information content (AvgIpc) is 2.17. The van der Waals surface area contributed by atoms with Crippen LogP contribution in [0.15, 0.2) is 12.3 Å². The van der Waals surface area contributed by atoms with Crippen molar-refractivity contribution in [2.75, 3.05) is 14.2 Å². The van der Waals surface area contributed by atoms with Crippen molar-refractivity contribution in [1.29, 1.82) is 0 Å². The number of aromatic nitrogens is 1. The molecule has 1 amide bonds. The molecular formula is C8H10N2O3. The van der Waals surface area contributed by atoms with Crippen LogP contribution in [0.25, 0.3) is 0 Å². The van der Waals surface area contributed by atoms with Crippen molar-refractivity contribution in [2.24, 2.45) is 0 Å². The van der Waals surface area contributed by atoms with Gasteiger partial charge in [-0.1, -0.05) is 0 Å². The number of amides is 1. The van der Waals surface area contributed by atoms with Crippen LogP contribution < -0.4 is 10.1 Å². The third-order valence-corrected chi connectivity index (χ3v) is 1.53. The standard InChI is InChI=1S/C8H10N2O3/c1-9-8(12)5-3-7(13-2)6(11)4-10-5/h3-4,11H,1-2H3,(H,9,12). The van der Waals surface area contributed by atoms with Crippen molar-refractivity contribution in [3.63, 3.8) is 0 Å². The normalized spacial score (nSPS) is 9.38. The Morgan fingerprint density at radius 2 is 2.38 bits per heavy atom. The number of hydrogen-bond donors (Lipinski definition) is 2. The summed E-state index contributed by atoms with van der Waals surface area (Å²) in [4.78, 5) is 14.8. The van der Waals surface area contributed by atoms with Crippen molar-refractivity contribution in [2.45, 2.75) is 0 Å². The van der Waals surface area contributed by atoms with Gasteiger partial charge in [0.2, 0.25) is 0 Å². The maximum atomic E-state index is 11.1. The molecule has 1 heterocycles. The van der Waals surface area contributed by atoms with Crippen LogP contribution in [0.4, 0.5) is 0 Å². The SMILES string of the molecule is CNC(=O)c1cc(OC)c(O)cn1. The highest BCUT2D eigenvalue weighted by Crippen LogP contribution is 2.24. The third-order valence-electron chi connectivity index (χ3n) is 1.53. The van der Waals surface area contributed by atoms with Crippen molar-refractivity contribution < 1.29 is 14.6 Å². The van der Waals surface area contributed by atoms with E-state index in [4.69, 9.17) is 4.74 Å². The first kappa shape index (κ1) is 9.31. The second-order valence-corrected chi connectivity index (χ2v) is 2.32. The zero-order valence-electron chi connectivity index (χ0n) is 7.37. The van der Waals surface area contributed by atoms with Crippen LogP contribution in [-0.4, -0.2) is 30.2 Å². The summed E-state index contributed by atoms with van der Waals surface area (Å²) >= 11 is 0. The van der Waals surface area contributed by atoms with Gasteiger partial charge in [-0.15, -0.1) is 0 Å². The van der Waals surface area contributed by atoms with E-state index < -0.39 is 0 Å². The quantitative estimate of drug-likeness (QED) is 0.683. The maximum absolute atomic E-state index is 11.1. The molecule has 5 heteroatoms. The molecule has 0 spiro atoms. The Hall–Kier alpha value is -1.78. The van der Waals surface area contributed by atoms with E-state index >= 15 is 0 Å². The number of pyridine rings is 1. The molecule has 0 aromatic carbocycles. The number of ether oxygens (including phenoxy) is 1. The van der Waals surface area contributed by atoms with E-state index in [2.05, 4.69) is 10.3 Å². The minimum absolute atomic E-state index is 0.0878. The van der Waals surface area contributed by atoms with Crippen molar-refractivity contribution in [3.8, 4) is 11.5 Å². The monoisotopic (exact) mass is 182 g/mol. The van der Waals surface area contributed by atoms with Gasteiger partial charge >= 0.3 is 0 Å². The van der Waals surface area contributed by atoms with Gasteiger partial charge < -0.3 is 15.2 Å². The van der Waals surface area contributed by atoms with Gasteiger partial charge in [0, 0.05) is 13.1 Å². The molecular weight excluding hydrogens is 172 g/mol. The lowest BCUT2D eigenvalue weighted by molar-refractivity contribution is 0.0957. The van der Waals surface area contributed by atoms with E-state index in [1.54, 1.807) is 0 Å². The van der Waals surface area contributed by atoms with Crippen LogP contribution in [0.2, 0.25) is 0 Å². The lowest BCUT2D eigenvalue weighted by atomic mass is 10.3. The second-order valence-electron chi connectivity index (χ2n) is 2.32. The number of nitrogens with one attached hydrogen (secondary N) is 1. The molecule has 2 N–H and O–H groups in total. The summed E-state index contributed by atoms with van der Waals surface area (Å²) in [6, 6.07) is 1.37. The molecule has 0 unspecified atom stereocenters. The third kappa shape index (κ3) is 1.87. The van der Waals surface area contributed by atoms with Gasteiger partial charge in [-0.05, 0) is 0 Å². The van der Waals surface area contributed by atoms with Crippen LogP contribution in [0.5, 0.6) is 11.5 Å². The van der Waals surface area contributed by atoms with Crippen LogP contribution in [-0.2, 0) is 0 Å². The zero-order chi connectivity index (χ0) is 9.84. The summed E-state index contributed by atoms with van der Waals surface area (Å²) < 4.78 is 4.81. The van der Waals surface area contributed by atoms with Crippen LogP contribution in [0.3, 0.4) is 0 Å². The van der Waals surface area contributed by atoms with E-state index in [9.17, 15) is 9.90 Å². The number of nitrogens with zero attached hydrogens (tertiary/aromatic N) is 1. The largest absolute Gasteiger partial charge is 0.503 e. The van der Waals surface area contributed by atoms with Gasteiger partial charge in [0.15, 0.2) is 11.5 Å². The maximum Gasteiger partial charge on any atom is 0.269 e. The Kier molecular flexibility index (Phi) is 2.69. The summed E-state index contributed by atoms with van der Waals surface area (Å²) in [7, 11) is 2.91. The smallest absolute Gasteiger partial charge is 0.269 e. The van der Waals surface area contributed by atoms with Gasteiger partial charge in [0.1, 0.15) is 5.69 Å². The predicted molar refractivity (Wildman–Crippen MR) is 45.8 cm³/mol. The summed E-state index contributed by atoms with van der Waals surface area (Å²) in [5.41, 5.74) is 0.206. The number of methoxy groups -OCH3 is 1. The molecule has 5 nitrogen and oxygen atoms in total. The Morgan fingerprint density at radius 3 is 2.92 bits per heavy atom. The molecule has 70 valence electrons. The van der Waals surface area contributed by atoms with E-state index in [1.165, 1.54) is 26.4 Å². The minimum atomic E-state index is -0.321. The number of rotatable bonds is 2. The van der Waals surface area contributed by atoms with Gasteiger partial charge in [-0.2, -0.15) is 0 Å².